The molecule has 0 radical (unpaired) electrons. The zero-order valence-corrected chi connectivity index (χ0v) is 10.3. The van der Waals surface area contributed by atoms with Gasteiger partial charge in [0.25, 0.3) is 0 Å². The van der Waals surface area contributed by atoms with E-state index >= 15 is 0 Å². The van der Waals surface area contributed by atoms with Gasteiger partial charge in [0, 0.05) is 36.8 Å². The van der Waals surface area contributed by atoms with Crippen LogP contribution in [0.3, 0.4) is 0 Å². The number of nitrogens with zero attached hydrogens (tertiary/aromatic N) is 1. The van der Waals surface area contributed by atoms with E-state index in [0.29, 0.717) is 19.4 Å². The first-order valence-electron chi connectivity index (χ1n) is 6.06. The van der Waals surface area contributed by atoms with Gasteiger partial charge in [0.15, 0.2) is 0 Å². The SMILES string of the molecule is CCC(=O)Nc1ccc(N2CC(N)CC2=O)cc1. The Morgan fingerprint density at radius 1 is 1.44 bits per heavy atom. The van der Waals surface area contributed by atoms with Crippen LogP contribution in [-0.2, 0) is 9.59 Å². The average molecular weight is 247 g/mol. The van der Waals surface area contributed by atoms with E-state index in [-0.39, 0.29) is 17.9 Å². The van der Waals surface area contributed by atoms with Crippen LogP contribution in [0.1, 0.15) is 19.8 Å². The number of hydrogen-bond donors (Lipinski definition) is 2. The molecule has 1 aromatic carbocycles. The van der Waals surface area contributed by atoms with E-state index in [9.17, 15) is 9.59 Å². The molecule has 1 heterocycles. The topological polar surface area (TPSA) is 75.4 Å². The van der Waals surface area contributed by atoms with Crippen molar-refractivity contribution >= 4 is 23.2 Å². The molecule has 1 aliphatic rings. The van der Waals surface area contributed by atoms with Crippen molar-refractivity contribution in [2.75, 3.05) is 16.8 Å². The minimum Gasteiger partial charge on any atom is -0.326 e. The van der Waals surface area contributed by atoms with E-state index in [1.54, 1.807) is 24.0 Å². The van der Waals surface area contributed by atoms with Crippen molar-refractivity contribution in [1.82, 2.24) is 0 Å². The summed E-state index contributed by atoms with van der Waals surface area (Å²) in [5.41, 5.74) is 7.31. The van der Waals surface area contributed by atoms with Gasteiger partial charge >= 0.3 is 0 Å². The molecular formula is C13H17N3O2. The third kappa shape index (κ3) is 2.68. The first kappa shape index (κ1) is 12.6. The Labute approximate surface area is 106 Å². The van der Waals surface area contributed by atoms with Gasteiger partial charge < -0.3 is 16.0 Å². The van der Waals surface area contributed by atoms with Gasteiger partial charge in [-0.15, -0.1) is 0 Å². The Morgan fingerprint density at radius 2 is 2.11 bits per heavy atom. The molecule has 1 atom stereocenters. The summed E-state index contributed by atoms with van der Waals surface area (Å²) in [6.45, 7) is 2.35. The van der Waals surface area contributed by atoms with Crippen LogP contribution in [0.2, 0.25) is 0 Å². The molecule has 1 unspecified atom stereocenters. The Hall–Kier alpha value is -1.88. The van der Waals surface area contributed by atoms with Crippen molar-refractivity contribution in [3.05, 3.63) is 24.3 Å². The maximum absolute atomic E-state index is 11.7. The summed E-state index contributed by atoms with van der Waals surface area (Å²) in [6.07, 6.45) is 0.843. The van der Waals surface area contributed by atoms with Gasteiger partial charge in [-0.25, -0.2) is 0 Å². The summed E-state index contributed by atoms with van der Waals surface area (Å²) >= 11 is 0. The number of benzene rings is 1. The fraction of sp³-hybridized carbons (Fsp3) is 0.385. The van der Waals surface area contributed by atoms with Crippen molar-refractivity contribution in [2.45, 2.75) is 25.8 Å². The van der Waals surface area contributed by atoms with Crippen molar-refractivity contribution in [3.8, 4) is 0 Å². The van der Waals surface area contributed by atoms with Gasteiger partial charge in [-0.1, -0.05) is 6.92 Å². The summed E-state index contributed by atoms with van der Waals surface area (Å²) < 4.78 is 0. The van der Waals surface area contributed by atoms with Gasteiger partial charge in [0.1, 0.15) is 0 Å². The largest absolute Gasteiger partial charge is 0.326 e. The van der Waals surface area contributed by atoms with Crippen LogP contribution >= 0.6 is 0 Å². The molecule has 18 heavy (non-hydrogen) atoms. The van der Waals surface area contributed by atoms with E-state index in [1.807, 2.05) is 12.1 Å². The lowest BCUT2D eigenvalue weighted by Crippen LogP contribution is -2.27. The fourth-order valence-electron chi connectivity index (χ4n) is 1.96. The lowest BCUT2D eigenvalue weighted by molar-refractivity contribution is -0.117. The van der Waals surface area contributed by atoms with Crippen molar-refractivity contribution in [3.63, 3.8) is 0 Å². The standard InChI is InChI=1S/C13H17N3O2/c1-2-12(17)15-10-3-5-11(6-4-10)16-8-9(14)7-13(16)18/h3-6,9H,2,7-8,14H2,1H3,(H,15,17). The Balaban J connectivity index is 2.08. The van der Waals surface area contributed by atoms with Crippen LogP contribution in [-0.4, -0.2) is 24.4 Å². The third-order valence-corrected chi connectivity index (χ3v) is 2.94. The smallest absolute Gasteiger partial charge is 0.228 e. The van der Waals surface area contributed by atoms with Crippen LogP contribution in [0.5, 0.6) is 0 Å². The number of anilines is 2. The minimum atomic E-state index is -0.0861. The molecule has 0 bridgehead atoms. The van der Waals surface area contributed by atoms with Crippen molar-refractivity contribution < 1.29 is 9.59 Å². The second kappa shape index (κ2) is 5.18. The Kier molecular flexibility index (Phi) is 3.62. The predicted octanol–water partition coefficient (Wildman–Crippen LogP) is 1.10. The number of hydrogen-bond acceptors (Lipinski definition) is 3. The molecule has 1 fully saturated rings. The lowest BCUT2D eigenvalue weighted by atomic mass is 10.2. The maximum atomic E-state index is 11.7. The molecule has 1 aliphatic heterocycles. The molecule has 0 spiro atoms. The minimum absolute atomic E-state index is 0.0259. The summed E-state index contributed by atoms with van der Waals surface area (Å²) in [5, 5.41) is 2.76. The highest BCUT2D eigenvalue weighted by molar-refractivity contribution is 5.96. The molecule has 2 rings (SSSR count). The second-order valence-electron chi connectivity index (χ2n) is 4.42. The van der Waals surface area contributed by atoms with Crippen LogP contribution in [0.4, 0.5) is 11.4 Å². The van der Waals surface area contributed by atoms with Crippen molar-refractivity contribution in [2.24, 2.45) is 5.73 Å². The summed E-state index contributed by atoms with van der Waals surface area (Å²) in [6, 6.07) is 7.14. The summed E-state index contributed by atoms with van der Waals surface area (Å²) in [5.74, 6) is 0.0230. The van der Waals surface area contributed by atoms with Crippen LogP contribution < -0.4 is 16.0 Å². The highest BCUT2D eigenvalue weighted by Gasteiger charge is 2.27. The Morgan fingerprint density at radius 3 is 2.61 bits per heavy atom. The molecule has 5 heteroatoms. The average Bonchev–Trinajstić information content (AvgIpc) is 2.69. The van der Waals surface area contributed by atoms with Gasteiger partial charge in [0.2, 0.25) is 11.8 Å². The first-order valence-corrected chi connectivity index (χ1v) is 6.06. The fourth-order valence-corrected chi connectivity index (χ4v) is 1.96. The van der Waals surface area contributed by atoms with Crippen LogP contribution in [0, 0.1) is 0 Å². The lowest BCUT2D eigenvalue weighted by Gasteiger charge is -2.16. The number of nitrogens with one attached hydrogen (secondary N) is 1. The molecule has 1 aromatic rings. The van der Waals surface area contributed by atoms with Gasteiger partial charge in [-0.2, -0.15) is 0 Å². The monoisotopic (exact) mass is 247 g/mol. The number of carbonyl (C=O) groups excluding carboxylic acids is 2. The molecule has 0 aliphatic carbocycles. The quantitative estimate of drug-likeness (QED) is 0.839. The summed E-state index contributed by atoms with van der Waals surface area (Å²) in [7, 11) is 0. The van der Waals surface area contributed by atoms with Gasteiger partial charge in [0.05, 0.1) is 0 Å². The molecule has 2 amide bonds. The molecule has 0 aromatic heterocycles. The number of rotatable bonds is 3. The number of amides is 2. The molecule has 3 N–H and O–H groups in total. The zero-order chi connectivity index (χ0) is 13.1. The van der Waals surface area contributed by atoms with Crippen LogP contribution in [0.15, 0.2) is 24.3 Å². The van der Waals surface area contributed by atoms with Crippen LogP contribution in [0.25, 0.3) is 0 Å². The molecule has 0 saturated carbocycles. The van der Waals surface area contributed by atoms with E-state index < -0.39 is 0 Å². The van der Waals surface area contributed by atoms with E-state index in [0.717, 1.165) is 11.4 Å². The summed E-state index contributed by atoms with van der Waals surface area (Å²) in [4.78, 5) is 24.6. The number of nitrogens with two attached hydrogens (primary N) is 1. The predicted molar refractivity (Wildman–Crippen MR) is 70.3 cm³/mol. The molecule has 5 nitrogen and oxygen atoms in total. The first-order chi connectivity index (χ1) is 8.60. The molecular weight excluding hydrogens is 230 g/mol. The number of carbonyl (C=O) groups is 2. The normalized spacial score (nSPS) is 19.1. The Bertz CT molecular complexity index is 456. The zero-order valence-electron chi connectivity index (χ0n) is 10.3. The van der Waals surface area contributed by atoms with E-state index in [2.05, 4.69) is 5.32 Å². The van der Waals surface area contributed by atoms with Crippen molar-refractivity contribution in [1.29, 1.82) is 0 Å². The maximum Gasteiger partial charge on any atom is 0.228 e. The molecule has 96 valence electrons. The van der Waals surface area contributed by atoms with Gasteiger partial charge in [-0.05, 0) is 24.3 Å². The molecule has 1 saturated heterocycles. The highest BCUT2D eigenvalue weighted by Crippen LogP contribution is 2.22. The third-order valence-electron chi connectivity index (χ3n) is 2.94. The van der Waals surface area contributed by atoms with E-state index in [1.165, 1.54) is 0 Å². The second-order valence-corrected chi connectivity index (χ2v) is 4.42. The highest BCUT2D eigenvalue weighted by atomic mass is 16.2. The van der Waals surface area contributed by atoms with Gasteiger partial charge in [-0.3, -0.25) is 9.59 Å². The van der Waals surface area contributed by atoms with E-state index in [4.69, 9.17) is 5.73 Å².